The number of rotatable bonds is 8. The first-order chi connectivity index (χ1) is 13.3. The molecule has 8 heteroatoms. The second kappa shape index (κ2) is 8.86. The van der Waals surface area contributed by atoms with Crippen molar-refractivity contribution in [1.29, 1.82) is 0 Å². The highest BCUT2D eigenvalue weighted by molar-refractivity contribution is 7.98. The first kappa shape index (κ1) is 21.2. The molecule has 2 aromatic heterocycles. The minimum absolute atomic E-state index is 0.430. The molecule has 5 nitrogen and oxygen atoms in total. The third-order valence-electron chi connectivity index (χ3n) is 4.46. The minimum atomic E-state index is -1.12. The third kappa shape index (κ3) is 5.08. The molecule has 0 spiro atoms. The molecule has 0 bridgehead atoms. The van der Waals surface area contributed by atoms with E-state index in [1.165, 1.54) is 0 Å². The van der Waals surface area contributed by atoms with E-state index in [0.717, 1.165) is 45.9 Å². The molecule has 0 radical (unpaired) electrons. The average molecular weight is 435 g/mol. The van der Waals surface area contributed by atoms with Gasteiger partial charge in [0.15, 0.2) is 5.65 Å². The number of pyridine rings is 1. The number of imidazole rings is 1. The van der Waals surface area contributed by atoms with Crippen LogP contribution in [0, 0.1) is 6.92 Å². The maximum Gasteiger partial charge on any atom is 0.165 e. The van der Waals surface area contributed by atoms with E-state index in [-0.39, 0.29) is 0 Å². The Labute approximate surface area is 176 Å². The second-order valence-corrected chi connectivity index (χ2v) is 14.8. The Hall–Kier alpha value is -1.54. The number of para-hydroxylation sites is 1. The Morgan fingerprint density at radius 3 is 2.64 bits per heavy atom. The van der Waals surface area contributed by atoms with Crippen molar-refractivity contribution in [2.75, 3.05) is 18.2 Å². The van der Waals surface area contributed by atoms with Gasteiger partial charge in [-0.25, -0.2) is 9.97 Å². The van der Waals surface area contributed by atoms with Gasteiger partial charge in [-0.2, -0.15) is 0 Å². The van der Waals surface area contributed by atoms with Crippen molar-refractivity contribution in [2.45, 2.75) is 44.2 Å². The molecule has 0 fully saturated rings. The highest BCUT2D eigenvalue weighted by atomic mass is 35.5. The maximum atomic E-state index is 6.33. The number of hydrogen-bond donors (Lipinski definition) is 1. The van der Waals surface area contributed by atoms with Gasteiger partial charge >= 0.3 is 0 Å². The number of aromatic nitrogens is 3. The Kier molecular flexibility index (Phi) is 6.70. The highest BCUT2D eigenvalue weighted by Crippen LogP contribution is 2.32. The fourth-order valence-corrected chi connectivity index (χ4v) is 4.34. The molecule has 0 saturated carbocycles. The predicted molar refractivity (Wildman–Crippen MR) is 123 cm³/mol. The van der Waals surface area contributed by atoms with Crippen LogP contribution in [-0.4, -0.2) is 35.5 Å². The summed E-state index contributed by atoms with van der Waals surface area (Å²) in [6.45, 7) is 10.2. The normalized spacial score (nSPS) is 11.9. The van der Waals surface area contributed by atoms with Crippen LogP contribution >= 0.6 is 23.4 Å². The Bertz CT molecular complexity index is 971. The topological polar surface area (TPSA) is 52.0 Å². The molecule has 150 valence electrons. The van der Waals surface area contributed by atoms with Crippen LogP contribution in [0.2, 0.25) is 30.8 Å². The lowest BCUT2D eigenvalue weighted by molar-refractivity contribution is 0.0881. The van der Waals surface area contributed by atoms with Gasteiger partial charge in [-0.3, -0.25) is 4.57 Å². The summed E-state index contributed by atoms with van der Waals surface area (Å²) >= 11 is 8.03. The number of thioether (sulfide) groups is 1. The monoisotopic (exact) mass is 434 g/mol. The van der Waals surface area contributed by atoms with Crippen LogP contribution in [0.4, 0.5) is 11.4 Å². The SMILES string of the molecule is CSc1ccccc1Nc1cc(Cl)nc2c1nc(C)n2COCC[Si](C)(C)C. The summed E-state index contributed by atoms with van der Waals surface area (Å²) < 4.78 is 7.91. The molecular weight excluding hydrogens is 408 g/mol. The number of halogens is 1. The average Bonchev–Trinajstić information content (AvgIpc) is 2.94. The molecule has 0 unspecified atom stereocenters. The molecule has 2 heterocycles. The molecular formula is C20H27ClN4OSSi. The highest BCUT2D eigenvalue weighted by Gasteiger charge is 2.16. The molecule has 3 rings (SSSR count). The fourth-order valence-electron chi connectivity index (χ4n) is 2.85. The first-order valence-electron chi connectivity index (χ1n) is 9.29. The quantitative estimate of drug-likeness (QED) is 0.199. The van der Waals surface area contributed by atoms with Crippen molar-refractivity contribution < 1.29 is 4.74 Å². The second-order valence-electron chi connectivity index (χ2n) is 7.93. The zero-order chi connectivity index (χ0) is 20.3. The van der Waals surface area contributed by atoms with Crippen LogP contribution in [0.3, 0.4) is 0 Å². The Morgan fingerprint density at radius 1 is 1.18 bits per heavy atom. The van der Waals surface area contributed by atoms with Crippen LogP contribution < -0.4 is 5.32 Å². The van der Waals surface area contributed by atoms with E-state index in [0.29, 0.717) is 11.9 Å². The molecule has 0 saturated heterocycles. The first-order valence-corrected chi connectivity index (χ1v) is 14.6. The van der Waals surface area contributed by atoms with Crippen LogP contribution in [0.25, 0.3) is 11.2 Å². The lowest BCUT2D eigenvalue weighted by Gasteiger charge is -2.16. The molecule has 0 amide bonds. The molecule has 1 N–H and O–H groups in total. The molecule has 1 aromatic carbocycles. The lowest BCUT2D eigenvalue weighted by Crippen LogP contribution is -2.22. The molecule has 0 atom stereocenters. The number of nitrogens with one attached hydrogen (secondary N) is 1. The third-order valence-corrected chi connectivity index (χ3v) is 7.15. The molecule has 0 aliphatic rings. The van der Waals surface area contributed by atoms with E-state index < -0.39 is 8.07 Å². The van der Waals surface area contributed by atoms with Crippen LogP contribution in [0.15, 0.2) is 35.2 Å². The van der Waals surface area contributed by atoms with Gasteiger partial charge in [0.25, 0.3) is 0 Å². The summed E-state index contributed by atoms with van der Waals surface area (Å²) in [5, 5.41) is 3.91. The van der Waals surface area contributed by atoms with Crippen molar-refractivity contribution in [1.82, 2.24) is 14.5 Å². The Balaban J connectivity index is 1.89. The smallest absolute Gasteiger partial charge is 0.165 e. The van der Waals surface area contributed by atoms with Gasteiger partial charge in [0.05, 0.1) is 11.4 Å². The van der Waals surface area contributed by atoms with Gasteiger partial charge in [0, 0.05) is 25.6 Å². The van der Waals surface area contributed by atoms with Crippen molar-refractivity contribution in [3.05, 3.63) is 41.3 Å². The van der Waals surface area contributed by atoms with Gasteiger partial charge in [0.1, 0.15) is 23.2 Å². The number of benzene rings is 1. The van der Waals surface area contributed by atoms with Gasteiger partial charge in [-0.15, -0.1) is 11.8 Å². The predicted octanol–water partition coefficient (Wildman–Crippen LogP) is 6.17. The Morgan fingerprint density at radius 2 is 1.93 bits per heavy atom. The number of ether oxygens (including phenoxy) is 1. The summed E-state index contributed by atoms with van der Waals surface area (Å²) in [4.78, 5) is 10.4. The van der Waals surface area contributed by atoms with E-state index in [9.17, 15) is 0 Å². The lowest BCUT2D eigenvalue weighted by atomic mass is 10.3. The number of anilines is 2. The van der Waals surface area contributed by atoms with Crippen LogP contribution in [0.5, 0.6) is 0 Å². The largest absolute Gasteiger partial charge is 0.361 e. The molecule has 28 heavy (non-hydrogen) atoms. The summed E-state index contributed by atoms with van der Waals surface area (Å²) in [6, 6.07) is 11.1. The summed E-state index contributed by atoms with van der Waals surface area (Å²) in [5.74, 6) is 0.860. The zero-order valence-electron chi connectivity index (χ0n) is 17.0. The van der Waals surface area contributed by atoms with E-state index in [2.05, 4.69) is 48.3 Å². The van der Waals surface area contributed by atoms with Gasteiger partial charge in [-0.1, -0.05) is 43.4 Å². The van der Waals surface area contributed by atoms with E-state index >= 15 is 0 Å². The summed E-state index contributed by atoms with van der Waals surface area (Å²) in [6.07, 6.45) is 2.06. The molecule has 3 aromatic rings. The van der Waals surface area contributed by atoms with E-state index in [1.54, 1.807) is 11.8 Å². The molecule has 0 aliphatic carbocycles. The fraction of sp³-hybridized carbons (Fsp3) is 0.400. The van der Waals surface area contributed by atoms with Gasteiger partial charge < -0.3 is 10.1 Å². The van der Waals surface area contributed by atoms with Gasteiger partial charge in [-0.05, 0) is 31.4 Å². The maximum absolute atomic E-state index is 6.33. The number of hydrogen-bond acceptors (Lipinski definition) is 5. The minimum Gasteiger partial charge on any atom is -0.361 e. The van der Waals surface area contributed by atoms with E-state index in [4.69, 9.17) is 21.3 Å². The van der Waals surface area contributed by atoms with Crippen LogP contribution in [0.1, 0.15) is 5.82 Å². The van der Waals surface area contributed by atoms with Crippen molar-refractivity contribution in [2.24, 2.45) is 0 Å². The zero-order valence-corrected chi connectivity index (χ0v) is 19.6. The number of aryl methyl sites for hydroxylation is 1. The van der Waals surface area contributed by atoms with Crippen molar-refractivity contribution in [3.63, 3.8) is 0 Å². The summed E-state index contributed by atoms with van der Waals surface area (Å²) in [7, 11) is -1.12. The van der Waals surface area contributed by atoms with E-state index in [1.807, 2.05) is 29.7 Å². The standard InChI is InChI=1S/C20H27ClN4OSSi/c1-14-22-19-16(23-15-8-6-7-9-17(15)27-2)12-18(21)24-20(19)25(14)13-26-10-11-28(3,4)5/h6-9,12H,10-11,13H2,1-5H3,(H,23,24). The molecule has 0 aliphatic heterocycles. The van der Waals surface area contributed by atoms with Crippen molar-refractivity contribution in [3.8, 4) is 0 Å². The van der Waals surface area contributed by atoms with Crippen LogP contribution in [-0.2, 0) is 11.5 Å². The van der Waals surface area contributed by atoms with Gasteiger partial charge in [0.2, 0.25) is 0 Å². The number of nitrogens with zero attached hydrogens (tertiary/aromatic N) is 3. The number of fused-ring (bicyclic) bond motifs is 1. The van der Waals surface area contributed by atoms with Crippen molar-refractivity contribution >= 4 is 54.0 Å². The summed E-state index contributed by atoms with van der Waals surface area (Å²) in [5.41, 5.74) is 3.41.